The third-order valence-corrected chi connectivity index (χ3v) is 2.83. The smallest absolute Gasteiger partial charge is 0.227 e. The molecule has 2 aromatic rings. The Hall–Kier alpha value is -1.62. The Morgan fingerprint density at radius 3 is 2.75 bits per heavy atom. The average molecular weight is 279 g/mol. The van der Waals surface area contributed by atoms with E-state index in [1.165, 1.54) is 0 Å². The van der Waals surface area contributed by atoms with E-state index in [4.69, 9.17) is 5.73 Å². The highest BCUT2D eigenvalue weighted by atomic mass is 79.9. The summed E-state index contributed by atoms with van der Waals surface area (Å²) in [5.41, 5.74) is 7.94. The zero-order chi connectivity index (χ0) is 11.5. The first kappa shape index (κ1) is 10.9. The molecule has 1 heterocycles. The van der Waals surface area contributed by atoms with Crippen LogP contribution >= 0.6 is 15.9 Å². The van der Waals surface area contributed by atoms with Gasteiger partial charge in [-0.1, -0.05) is 12.1 Å². The molecule has 0 spiro atoms. The van der Waals surface area contributed by atoms with Crippen LogP contribution < -0.4 is 11.1 Å². The Labute approximate surface area is 102 Å². The monoisotopic (exact) mass is 278 g/mol. The van der Waals surface area contributed by atoms with Crippen molar-refractivity contribution in [2.24, 2.45) is 0 Å². The van der Waals surface area contributed by atoms with E-state index in [2.05, 4.69) is 31.2 Å². The van der Waals surface area contributed by atoms with Gasteiger partial charge in [-0.05, 0) is 35.0 Å². The van der Waals surface area contributed by atoms with E-state index in [0.717, 1.165) is 15.9 Å². The maximum absolute atomic E-state index is 5.65. The van der Waals surface area contributed by atoms with Crippen LogP contribution in [-0.4, -0.2) is 9.97 Å². The fourth-order valence-corrected chi connectivity index (χ4v) is 1.60. The predicted octanol–water partition coefficient (Wildman–Crippen LogP) is 2.87. The van der Waals surface area contributed by atoms with Gasteiger partial charge < -0.3 is 11.1 Å². The molecule has 3 N–H and O–H groups in total. The lowest BCUT2D eigenvalue weighted by molar-refractivity contribution is 1.11. The molecule has 0 atom stereocenters. The highest BCUT2D eigenvalue weighted by molar-refractivity contribution is 9.10. The second-order valence-electron chi connectivity index (χ2n) is 3.34. The average Bonchev–Trinajstić information content (AvgIpc) is 2.27. The van der Waals surface area contributed by atoms with Crippen LogP contribution in [0.1, 0.15) is 5.69 Å². The van der Waals surface area contributed by atoms with E-state index in [-0.39, 0.29) is 0 Å². The van der Waals surface area contributed by atoms with Gasteiger partial charge in [0.15, 0.2) is 0 Å². The van der Waals surface area contributed by atoms with Crippen molar-refractivity contribution in [3.63, 3.8) is 0 Å². The van der Waals surface area contributed by atoms with Gasteiger partial charge in [0.25, 0.3) is 0 Å². The third-order valence-electron chi connectivity index (χ3n) is 2.14. The van der Waals surface area contributed by atoms with E-state index in [1.807, 2.05) is 31.2 Å². The van der Waals surface area contributed by atoms with Crippen molar-refractivity contribution in [1.29, 1.82) is 0 Å². The lowest BCUT2D eigenvalue weighted by Crippen LogP contribution is -2.01. The van der Waals surface area contributed by atoms with Crippen LogP contribution in [0.2, 0.25) is 0 Å². The van der Waals surface area contributed by atoms with Crippen LogP contribution in [-0.2, 0) is 0 Å². The van der Waals surface area contributed by atoms with Gasteiger partial charge in [0, 0.05) is 4.47 Å². The number of nitrogens with zero attached hydrogens (tertiary/aromatic N) is 2. The van der Waals surface area contributed by atoms with Crippen molar-refractivity contribution >= 4 is 33.3 Å². The molecule has 0 bridgehead atoms. The zero-order valence-electron chi connectivity index (χ0n) is 8.74. The standard InChI is InChI=1S/C11H11BrN4/c1-7-9(13)6-14-11(15-7)16-10-5-3-2-4-8(10)12/h2-6H,13H2,1H3,(H,14,15,16). The molecule has 0 amide bonds. The molecular weight excluding hydrogens is 268 g/mol. The molecule has 0 saturated heterocycles. The Kier molecular flexibility index (Phi) is 3.05. The molecule has 0 aliphatic carbocycles. The van der Waals surface area contributed by atoms with Gasteiger partial charge in [-0.15, -0.1) is 0 Å². The predicted molar refractivity (Wildman–Crippen MR) is 68.6 cm³/mol. The first-order valence-corrected chi connectivity index (χ1v) is 5.57. The molecule has 0 aliphatic rings. The summed E-state index contributed by atoms with van der Waals surface area (Å²) in [4.78, 5) is 8.35. The summed E-state index contributed by atoms with van der Waals surface area (Å²) in [6.07, 6.45) is 1.60. The number of aromatic nitrogens is 2. The molecule has 16 heavy (non-hydrogen) atoms. The normalized spacial score (nSPS) is 10.1. The van der Waals surface area contributed by atoms with Crippen LogP contribution in [0.15, 0.2) is 34.9 Å². The number of halogens is 1. The lowest BCUT2D eigenvalue weighted by Gasteiger charge is -2.07. The Bertz CT molecular complexity index is 513. The second kappa shape index (κ2) is 4.49. The molecule has 0 unspecified atom stereocenters. The Balaban J connectivity index is 2.28. The van der Waals surface area contributed by atoms with E-state index < -0.39 is 0 Å². The molecule has 0 aliphatic heterocycles. The van der Waals surface area contributed by atoms with Gasteiger partial charge in [0.05, 0.1) is 23.3 Å². The number of nitrogen functional groups attached to an aromatic ring is 1. The van der Waals surface area contributed by atoms with E-state index >= 15 is 0 Å². The maximum Gasteiger partial charge on any atom is 0.227 e. The molecule has 0 radical (unpaired) electrons. The fraction of sp³-hybridized carbons (Fsp3) is 0.0909. The first-order valence-electron chi connectivity index (χ1n) is 4.77. The second-order valence-corrected chi connectivity index (χ2v) is 4.19. The molecule has 82 valence electrons. The Morgan fingerprint density at radius 1 is 1.31 bits per heavy atom. The number of aryl methyl sites for hydroxylation is 1. The van der Waals surface area contributed by atoms with Crippen LogP contribution in [0, 0.1) is 6.92 Å². The summed E-state index contributed by atoms with van der Waals surface area (Å²) in [5, 5.41) is 3.12. The number of rotatable bonds is 2. The number of nitrogens with two attached hydrogens (primary N) is 1. The fourth-order valence-electron chi connectivity index (χ4n) is 1.22. The SMILES string of the molecule is Cc1nc(Nc2ccccc2Br)ncc1N. The van der Waals surface area contributed by atoms with E-state index in [1.54, 1.807) is 6.20 Å². The first-order chi connectivity index (χ1) is 7.66. The molecule has 5 heteroatoms. The van der Waals surface area contributed by atoms with Crippen molar-refractivity contribution in [2.45, 2.75) is 6.92 Å². The van der Waals surface area contributed by atoms with Crippen LogP contribution in [0.5, 0.6) is 0 Å². The topological polar surface area (TPSA) is 63.8 Å². The summed E-state index contributed by atoms with van der Waals surface area (Å²) in [6, 6.07) is 7.78. The van der Waals surface area contributed by atoms with Crippen LogP contribution in [0.25, 0.3) is 0 Å². The van der Waals surface area contributed by atoms with E-state index in [9.17, 15) is 0 Å². The minimum Gasteiger partial charge on any atom is -0.396 e. The minimum absolute atomic E-state index is 0.540. The van der Waals surface area contributed by atoms with Crippen molar-refractivity contribution in [3.8, 4) is 0 Å². The highest BCUT2D eigenvalue weighted by Gasteiger charge is 2.02. The van der Waals surface area contributed by atoms with Crippen LogP contribution in [0.4, 0.5) is 17.3 Å². The number of benzene rings is 1. The van der Waals surface area contributed by atoms with E-state index in [0.29, 0.717) is 11.6 Å². The van der Waals surface area contributed by atoms with Gasteiger partial charge >= 0.3 is 0 Å². The molecule has 0 saturated carbocycles. The molecule has 4 nitrogen and oxygen atoms in total. The van der Waals surface area contributed by atoms with Crippen molar-refractivity contribution in [2.75, 3.05) is 11.1 Å². The number of hydrogen-bond donors (Lipinski definition) is 2. The van der Waals surface area contributed by atoms with Gasteiger partial charge in [-0.25, -0.2) is 9.97 Å². The molecular formula is C11H11BrN4. The van der Waals surface area contributed by atoms with Crippen molar-refractivity contribution in [3.05, 3.63) is 40.6 Å². The van der Waals surface area contributed by atoms with Gasteiger partial charge in [-0.3, -0.25) is 0 Å². The number of para-hydroxylation sites is 1. The molecule has 1 aromatic heterocycles. The number of hydrogen-bond acceptors (Lipinski definition) is 4. The third kappa shape index (κ3) is 2.30. The van der Waals surface area contributed by atoms with Crippen LogP contribution in [0.3, 0.4) is 0 Å². The molecule has 2 rings (SSSR count). The highest BCUT2D eigenvalue weighted by Crippen LogP contribution is 2.23. The summed E-state index contributed by atoms with van der Waals surface area (Å²) in [6.45, 7) is 1.85. The molecule has 1 aromatic carbocycles. The molecule has 0 fully saturated rings. The zero-order valence-corrected chi connectivity index (χ0v) is 10.3. The summed E-state index contributed by atoms with van der Waals surface area (Å²) in [5.74, 6) is 0.540. The summed E-state index contributed by atoms with van der Waals surface area (Å²) in [7, 11) is 0. The van der Waals surface area contributed by atoms with Gasteiger partial charge in [-0.2, -0.15) is 0 Å². The van der Waals surface area contributed by atoms with Gasteiger partial charge in [0.1, 0.15) is 0 Å². The number of nitrogens with one attached hydrogen (secondary N) is 1. The summed E-state index contributed by atoms with van der Waals surface area (Å²) >= 11 is 3.44. The lowest BCUT2D eigenvalue weighted by atomic mass is 10.3. The quantitative estimate of drug-likeness (QED) is 0.887. The number of anilines is 3. The minimum atomic E-state index is 0.540. The summed E-state index contributed by atoms with van der Waals surface area (Å²) < 4.78 is 0.966. The van der Waals surface area contributed by atoms with Crippen molar-refractivity contribution in [1.82, 2.24) is 9.97 Å². The largest absolute Gasteiger partial charge is 0.396 e. The maximum atomic E-state index is 5.65. The Morgan fingerprint density at radius 2 is 2.06 bits per heavy atom. The van der Waals surface area contributed by atoms with Crippen molar-refractivity contribution < 1.29 is 0 Å². The van der Waals surface area contributed by atoms with Gasteiger partial charge in [0.2, 0.25) is 5.95 Å².